The van der Waals surface area contributed by atoms with Gasteiger partial charge in [0.1, 0.15) is 22.5 Å². The summed E-state index contributed by atoms with van der Waals surface area (Å²) in [5.41, 5.74) is 2.04. The third kappa shape index (κ3) is 2.47. The lowest BCUT2D eigenvalue weighted by Crippen LogP contribution is -2.24. The predicted molar refractivity (Wildman–Crippen MR) is 76.3 cm³/mol. The summed E-state index contributed by atoms with van der Waals surface area (Å²) in [6.45, 7) is 4.16. The average molecular weight is 297 g/mol. The number of furan rings is 1. The molecule has 0 fully saturated rings. The van der Waals surface area contributed by atoms with Crippen molar-refractivity contribution in [3.63, 3.8) is 0 Å². The quantitative estimate of drug-likeness (QED) is 0.730. The Kier molecular flexibility index (Phi) is 3.03. The van der Waals surface area contributed by atoms with Crippen LogP contribution in [0.5, 0.6) is 5.75 Å². The minimum atomic E-state index is -0.332. The first kappa shape index (κ1) is 12.9. The molecule has 1 aromatic carbocycles. The van der Waals surface area contributed by atoms with Crippen molar-refractivity contribution in [2.24, 2.45) is 0 Å². The molecule has 0 radical (unpaired) electrons. The van der Waals surface area contributed by atoms with Crippen LogP contribution in [0.4, 0.5) is 0 Å². The molecule has 0 amide bonds. The second-order valence-electron chi connectivity index (χ2n) is 5.41. The van der Waals surface area contributed by atoms with Crippen molar-refractivity contribution in [1.82, 2.24) is 0 Å². The zero-order chi connectivity index (χ0) is 13.6. The second kappa shape index (κ2) is 4.46. The van der Waals surface area contributed by atoms with Gasteiger partial charge in [0.05, 0.1) is 0 Å². The smallest absolute Gasteiger partial charge is 0.193 e. The van der Waals surface area contributed by atoms with Crippen LogP contribution < -0.4 is 4.74 Å². The first-order chi connectivity index (χ1) is 8.94. The molecule has 0 N–H and O–H groups in total. The molecule has 0 saturated carbocycles. The maximum absolute atomic E-state index is 6.42. The lowest BCUT2D eigenvalue weighted by molar-refractivity contribution is 0.138. The molecule has 0 bridgehead atoms. The molecule has 1 aromatic heterocycles. The Labute approximate surface area is 122 Å². The lowest BCUT2D eigenvalue weighted by Gasteiger charge is -2.16. The van der Waals surface area contributed by atoms with E-state index in [4.69, 9.17) is 32.4 Å². The molecule has 1 aliphatic heterocycles. The fourth-order valence-corrected chi connectivity index (χ4v) is 2.82. The maximum Gasteiger partial charge on any atom is 0.193 e. The molecule has 2 nitrogen and oxygen atoms in total. The number of ether oxygens (including phenoxy) is 1. The Morgan fingerprint density at radius 2 is 2.00 bits per heavy atom. The summed E-state index contributed by atoms with van der Waals surface area (Å²) in [7, 11) is 0. The minimum absolute atomic E-state index is 0.142. The van der Waals surface area contributed by atoms with Crippen LogP contribution in [0, 0.1) is 0 Å². The van der Waals surface area contributed by atoms with Gasteiger partial charge in [-0.15, -0.1) is 11.6 Å². The van der Waals surface area contributed by atoms with Crippen molar-refractivity contribution < 1.29 is 9.15 Å². The van der Waals surface area contributed by atoms with Gasteiger partial charge in [-0.3, -0.25) is 0 Å². The second-order valence-corrected chi connectivity index (χ2v) is 6.22. The molecular weight excluding hydrogens is 283 g/mol. The molecule has 1 atom stereocenters. The predicted octanol–water partition coefficient (Wildman–Crippen LogP) is 4.97. The van der Waals surface area contributed by atoms with Gasteiger partial charge in [-0.25, -0.2) is 0 Å². The number of alkyl halides is 1. The molecular formula is C15H14Cl2O2. The first-order valence-corrected chi connectivity index (χ1v) is 6.97. The molecule has 0 saturated heterocycles. The van der Waals surface area contributed by atoms with Crippen molar-refractivity contribution in [3.05, 3.63) is 52.4 Å². The van der Waals surface area contributed by atoms with Crippen LogP contribution in [0.25, 0.3) is 0 Å². The zero-order valence-electron chi connectivity index (χ0n) is 10.7. The Balaban J connectivity index is 1.92. The first-order valence-electron chi connectivity index (χ1n) is 6.16. The van der Waals surface area contributed by atoms with E-state index in [9.17, 15) is 0 Å². The van der Waals surface area contributed by atoms with Crippen molar-refractivity contribution in [2.45, 2.75) is 31.2 Å². The van der Waals surface area contributed by atoms with Gasteiger partial charge in [0.2, 0.25) is 0 Å². The number of hydrogen-bond acceptors (Lipinski definition) is 2. The van der Waals surface area contributed by atoms with Gasteiger partial charge < -0.3 is 9.15 Å². The molecule has 1 unspecified atom stereocenters. The van der Waals surface area contributed by atoms with Crippen LogP contribution in [0.2, 0.25) is 5.22 Å². The zero-order valence-corrected chi connectivity index (χ0v) is 12.3. The molecule has 2 heterocycles. The Bertz CT molecular complexity index is 616. The summed E-state index contributed by atoms with van der Waals surface area (Å²) in [5.74, 6) is 1.60. The third-order valence-corrected chi connectivity index (χ3v) is 3.89. The van der Waals surface area contributed by atoms with Crippen LogP contribution in [-0.4, -0.2) is 5.60 Å². The number of benzene rings is 1. The topological polar surface area (TPSA) is 22.4 Å². The van der Waals surface area contributed by atoms with E-state index in [0.717, 1.165) is 17.7 Å². The normalized spacial score (nSPS) is 17.9. The summed E-state index contributed by atoms with van der Waals surface area (Å²) < 4.78 is 11.2. The van der Waals surface area contributed by atoms with Crippen LogP contribution in [0.3, 0.4) is 0 Å². The van der Waals surface area contributed by atoms with Crippen LogP contribution >= 0.6 is 23.2 Å². The number of fused-ring (bicyclic) bond motifs is 1. The Hall–Kier alpha value is -1.12. The SMILES string of the molecule is CC1(C)Cc2cc(C(Cl)c3ccc(Cl)o3)ccc2O1. The highest BCUT2D eigenvalue weighted by molar-refractivity contribution is 6.29. The summed E-state index contributed by atoms with van der Waals surface area (Å²) in [6.07, 6.45) is 0.888. The molecule has 19 heavy (non-hydrogen) atoms. The van der Waals surface area contributed by atoms with E-state index in [0.29, 0.717) is 11.0 Å². The number of hydrogen-bond donors (Lipinski definition) is 0. The van der Waals surface area contributed by atoms with Crippen molar-refractivity contribution in [3.8, 4) is 5.75 Å². The third-order valence-electron chi connectivity index (χ3n) is 3.22. The van der Waals surface area contributed by atoms with E-state index >= 15 is 0 Å². The largest absolute Gasteiger partial charge is 0.487 e. The molecule has 0 spiro atoms. The molecule has 2 aromatic rings. The summed E-state index contributed by atoms with van der Waals surface area (Å²) >= 11 is 12.2. The van der Waals surface area contributed by atoms with Crippen molar-refractivity contribution in [2.75, 3.05) is 0 Å². The van der Waals surface area contributed by atoms with Crippen LogP contribution in [0.1, 0.15) is 36.1 Å². The fourth-order valence-electron chi connectivity index (χ4n) is 2.42. The highest BCUT2D eigenvalue weighted by Gasteiger charge is 2.30. The van der Waals surface area contributed by atoms with Crippen molar-refractivity contribution in [1.29, 1.82) is 0 Å². The van der Waals surface area contributed by atoms with E-state index in [1.165, 1.54) is 5.56 Å². The van der Waals surface area contributed by atoms with Gasteiger partial charge in [0.25, 0.3) is 0 Å². The van der Waals surface area contributed by atoms with E-state index in [-0.39, 0.29) is 11.0 Å². The highest BCUT2D eigenvalue weighted by Crippen LogP contribution is 2.39. The van der Waals surface area contributed by atoms with Gasteiger partial charge >= 0.3 is 0 Å². The van der Waals surface area contributed by atoms with Crippen molar-refractivity contribution >= 4 is 23.2 Å². The van der Waals surface area contributed by atoms with E-state index < -0.39 is 0 Å². The Morgan fingerprint density at radius 3 is 2.68 bits per heavy atom. The summed E-state index contributed by atoms with van der Waals surface area (Å²) in [6, 6.07) is 9.52. The summed E-state index contributed by atoms with van der Waals surface area (Å²) in [5, 5.41) is 0.0211. The standard InChI is InChI=1S/C15H14Cl2O2/c1-15(2)8-10-7-9(3-4-11(10)19-15)14(17)12-5-6-13(16)18-12/h3-7,14H,8H2,1-2H3. The van der Waals surface area contributed by atoms with Gasteiger partial charge in [-0.2, -0.15) is 0 Å². The van der Waals surface area contributed by atoms with E-state index in [1.807, 2.05) is 12.1 Å². The van der Waals surface area contributed by atoms with Gasteiger partial charge in [-0.05, 0) is 54.8 Å². The molecule has 3 rings (SSSR count). The number of halogens is 2. The van der Waals surface area contributed by atoms with Gasteiger partial charge in [-0.1, -0.05) is 12.1 Å². The monoisotopic (exact) mass is 296 g/mol. The lowest BCUT2D eigenvalue weighted by atomic mass is 9.99. The van der Waals surface area contributed by atoms with E-state index in [1.54, 1.807) is 12.1 Å². The molecule has 4 heteroatoms. The maximum atomic E-state index is 6.42. The Morgan fingerprint density at radius 1 is 1.21 bits per heavy atom. The van der Waals surface area contributed by atoms with Gasteiger partial charge in [0.15, 0.2) is 5.22 Å². The van der Waals surface area contributed by atoms with E-state index in [2.05, 4.69) is 19.9 Å². The summed E-state index contributed by atoms with van der Waals surface area (Å²) in [4.78, 5) is 0. The molecule has 100 valence electrons. The number of rotatable bonds is 2. The fraction of sp³-hybridized carbons (Fsp3) is 0.333. The van der Waals surface area contributed by atoms with Crippen LogP contribution in [0.15, 0.2) is 34.7 Å². The highest BCUT2D eigenvalue weighted by atomic mass is 35.5. The minimum Gasteiger partial charge on any atom is -0.487 e. The molecule has 1 aliphatic rings. The van der Waals surface area contributed by atoms with Gasteiger partial charge in [0, 0.05) is 6.42 Å². The average Bonchev–Trinajstić information content (AvgIpc) is 2.88. The van der Waals surface area contributed by atoms with Crippen LogP contribution in [-0.2, 0) is 6.42 Å². The molecule has 0 aliphatic carbocycles.